The summed E-state index contributed by atoms with van der Waals surface area (Å²) in [5, 5.41) is 2.29. The van der Waals surface area contributed by atoms with Gasteiger partial charge in [0.05, 0.1) is 0 Å². The Morgan fingerprint density at radius 3 is 2.18 bits per heavy atom. The molecule has 0 aliphatic heterocycles. The minimum absolute atomic E-state index is 0.870. The minimum atomic E-state index is -1.83. The third-order valence-electron chi connectivity index (χ3n) is 2.88. The molecule has 0 N–H and O–H groups in total. The van der Waals surface area contributed by atoms with Gasteiger partial charge in [-0.2, -0.15) is 0 Å². The quantitative estimate of drug-likeness (QED) is 0.592. The Balaban J connectivity index is 2.56. The Bertz CT molecular complexity index is 551. The van der Waals surface area contributed by atoms with E-state index in [9.17, 15) is 0 Å². The molecule has 2 aromatic carbocycles. The number of methoxy groups -OCH3 is 1. The third-order valence-corrected chi connectivity index (χ3v) is 5.62. The van der Waals surface area contributed by atoms with Crippen molar-refractivity contribution in [2.45, 2.75) is 0 Å². The molecule has 1 atom stereocenters. The zero-order chi connectivity index (χ0) is 12.3. The van der Waals surface area contributed by atoms with Crippen molar-refractivity contribution in [1.29, 1.82) is 0 Å². The first kappa shape index (κ1) is 12.2. The first-order valence-corrected chi connectivity index (χ1v) is 7.81. The molecule has 0 amide bonds. The van der Waals surface area contributed by atoms with Crippen LogP contribution >= 0.6 is 6.75 Å². The van der Waals surface area contributed by atoms with Crippen LogP contribution in [0.4, 0.5) is 0 Å². The zero-order valence-electron chi connectivity index (χ0n) is 10.1. The molecule has 1 unspecified atom stereocenters. The number of para-hydroxylation sites is 1. The summed E-state index contributed by atoms with van der Waals surface area (Å²) < 4.78 is 5.40. The zero-order valence-corrected chi connectivity index (χ0v) is 11.0. The van der Waals surface area contributed by atoms with Crippen molar-refractivity contribution < 1.29 is 4.74 Å². The summed E-state index contributed by atoms with van der Waals surface area (Å²) in [7, 11) is 8.25. The summed E-state index contributed by atoms with van der Waals surface area (Å²) in [6.45, 7) is 0.285. The summed E-state index contributed by atoms with van der Waals surface area (Å²) in [5.41, 5.74) is 0. The van der Waals surface area contributed by atoms with Crippen molar-refractivity contribution in [3.05, 3.63) is 54.6 Å². The van der Waals surface area contributed by atoms with Gasteiger partial charge in [-0.1, -0.05) is 0 Å². The van der Waals surface area contributed by atoms with Crippen LogP contribution in [-0.2, 0) is 0 Å². The van der Waals surface area contributed by atoms with Crippen molar-refractivity contribution in [1.82, 2.24) is 0 Å². The Kier molecular flexibility index (Phi) is 3.54. The first-order chi connectivity index (χ1) is 8.16. The Hall–Kier alpha value is -1.27. The number of rotatable bonds is 3. The van der Waals surface area contributed by atoms with Crippen LogP contribution in [0.3, 0.4) is 0 Å². The van der Waals surface area contributed by atoms with E-state index < -0.39 is 6.75 Å². The average molecular weight is 241 g/mol. The van der Waals surface area contributed by atoms with Gasteiger partial charge >= 0.3 is 103 Å². The van der Waals surface area contributed by atoms with Crippen molar-refractivity contribution >= 4 is 24.5 Å². The normalized spacial score (nSPS) is 13.9. The van der Waals surface area contributed by atoms with Gasteiger partial charge in [-0.15, -0.1) is 0 Å². The number of hydrogen-bond donors (Lipinski definition) is 0. The second kappa shape index (κ2) is 4.93. The van der Waals surface area contributed by atoms with Crippen LogP contribution in [0.2, 0.25) is 0 Å². The number of benzene rings is 2. The van der Waals surface area contributed by atoms with E-state index in [1.165, 1.54) is 5.30 Å². The molecule has 0 fully saturated rings. The van der Waals surface area contributed by atoms with E-state index >= 15 is 0 Å². The van der Waals surface area contributed by atoms with Gasteiger partial charge in [0.15, 0.2) is 0 Å². The fraction of sp³-hybridized carbons (Fsp3) is 0.143. The van der Waals surface area contributed by atoms with E-state index in [2.05, 4.69) is 24.9 Å². The van der Waals surface area contributed by atoms with Gasteiger partial charge < -0.3 is 0 Å². The van der Waals surface area contributed by atoms with E-state index in [1.54, 1.807) is 7.11 Å². The third kappa shape index (κ3) is 2.37. The molecule has 3 heteroatoms. The van der Waals surface area contributed by atoms with E-state index in [4.69, 9.17) is 11.9 Å². The molecule has 85 valence electrons. The fourth-order valence-corrected chi connectivity index (χ4v) is 3.98. The second-order valence-corrected chi connectivity index (χ2v) is 7.23. The molecular weight excluding hydrogens is 226 g/mol. The molecule has 0 aliphatic carbocycles. The molecule has 0 aromatic heterocycles. The van der Waals surface area contributed by atoms with Crippen LogP contribution in [-0.4, -0.2) is 21.0 Å². The summed E-state index contributed by atoms with van der Waals surface area (Å²) in [5.74, 6) is 0.870. The van der Waals surface area contributed by atoms with E-state index in [1.807, 2.05) is 36.4 Å². The van der Waals surface area contributed by atoms with E-state index in [0.717, 1.165) is 11.1 Å². The summed E-state index contributed by atoms with van der Waals surface area (Å²) in [4.78, 5) is 0. The standard InChI is InChI=1S/C14H15BOP/c1-16-13-10-6-7-11-14(13)17(2,15)12-8-4-3-5-9-12/h3-11H,1-2H3. The Morgan fingerprint density at radius 2 is 1.53 bits per heavy atom. The van der Waals surface area contributed by atoms with Gasteiger partial charge in [-0.25, -0.2) is 0 Å². The second-order valence-electron chi connectivity index (χ2n) is 4.08. The molecule has 0 saturated heterocycles. The summed E-state index contributed by atoms with van der Waals surface area (Å²) in [6.07, 6.45) is 0. The van der Waals surface area contributed by atoms with Gasteiger partial charge in [0.1, 0.15) is 0 Å². The molecule has 17 heavy (non-hydrogen) atoms. The van der Waals surface area contributed by atoms with E-state index in [0.29, 0.717) is 0 Å². The van der Waals surface area contributed by atoms with Crippen LogP contribution in [0, 0.1) is 0 Å². The first-order valence-electron chi connectivity index (χ1n) is 5.50. The molecule has 0 heterocycles. The summed E-state index contributed by atoms with van der Waals surface area (Å²) in [6, 6.07) is 18.2. The molecular formula is C14H15BOP. The molecule has 1 nitrogen and oxygen atoms in total. The topological polar surface area (TPSA) is 9.23 Å². The van der Waals surface area contributed by atoms with Crippen LogP contribution in [0.1, 0.15) is 0 Å². The van der Waals surface area contributed by atoms with Crippen molar-refractivity contribution in [2.75, 3.05) is 13.8 Å². The monoisotopic (exact) mass is 241 g/mol. The van der Waals surface area contributed by atoms with Crippen LogP contribution in [0.25, 0.3) is 0 Å². The molecule has 0 saturated carbocycles. The summed E-state index contributed by atoms with van der Waals surface area (Å²) >= 11 is 0. The maximum atomic E-state index is 6.57. The van der Waals surface area contributed by atoms with Gasteiger partial charge in [0.25, 0.3) is 0 Å². The predicted octanol–water partition coefficient (Wildman–Crippen LogP) is 2.38. The fourth-order valence-electron chi connectivity index (χ4n) is 1.89. The van der Waals surface area contributed by atoms with Gasteiger partial charge in [-0.05, 0) is 0 Å². The number of hydrogen-bond acceptors (Lipinski definition) is 1. The van der Waals surface area contributed by atoms with Crippen molar-refractivity contribution in [3.63, 3.8) is 0 Å². The van der Waals surface area contributed by atoms with Crippen molar-refractivity contribution in [2.24, 2.45) is 0 Å². The molecule has 1 radical (unpaired) electrons. The molecule has 0 aliphatic rings. The average Bonchev–Trinajstić information content (AvgIpc) is 2.39. The molecule has 0 bridgehead atoms. The van der Waals surface area contributed by atoms with Crippen molar-refractivity contribution in [3.8, 4) is 5.75 Å². The Labute approximate surface area is 104 Å². The SMILES string of the molecule is [B]=P(C)(c1ccccc1)c1ccccc1OC. The van der Waals surface area contributed by atoms with Crippen LogP contribution in [0.5, 0.6) is 5.75 Å². The van der Waals surface area contributed by atoms with Crippen LogP contribution in [0.15, 0.2) is 54.6 Å². The van der Waals surface area contributed by atoms with Crippen LogP contribution < -0.4 is 15.3 Å². The van der Waals surface area contributed by atoms with Gasteiger partial charge in [0, 0.05) is 0 Å². The maximum absolute atomic E-state index is 6.57. The van der Waals surface area contributed by atoms with E-state index in [-0.39, 0.29) is 0 Å². The van der Waals surface area contributed by atoms with Gasteiger partial charge in [-0.3, -0.25) is 0 Å². The molecule has 0 spiro atoms. The van der Waals surface area contributed by atoms with Gasteiger partial charge in [0.2, 0.25) is 0 Å². The molecule has 2 aromatic rings. The Morgan fingerprint density at radius 1 is 0.941 bits per heavy atom. The predicted molar refractivity (Wildman–Crippen MR) is 77.3 cm³/mol. The molecule has 2 rings (SSSR count). The number of ether oxygens (including phenoxy) is 1.